The second-order valence-corrected chi connectivity index (χ2v) is 6.61. The Morgan fingerprint density at radius 2 is 2.00 bits per heavy atom. The van der Waals surface area contributed by atoms with E-state index in [1.54, 1.807) is 0 Å². The number of fused-ring (bicyclic) bond motifs is 1. The molecule has 1 aromatic heterocycles. The van der Waals surface area contributed by atoms with Crippen molar-refractivity contribution in [3.05, 3.63) is 47.7 Å². The monoisotopic (exact) mass is 308 g/mol. The van der Waals surface area contributed by atoms with Crippen LogP contribution in [0, 0.1) is 5.82 Å². The Morgan fingerprint density at radius 1 is 1.24 bits per heavy atom. The third-order valence-electron chi connectivity index (χ3n) is 3.46. The first-order valence-electron chi connectivity index (χ1n) is 6.33. The van der Waals surface area contributed by atoms with Crippen molar-refractivity contribution in [2.24, 2.45) is 0 Å². The van der Waals surface area contributed by atoms with Crippen molar-refractivity contribution >= 4 is 15.8 Å². The standard InChI is InChI=1S/C13H13FN4O2S/c14-10-3-1-2-4-12(10)21(19,20)18-6-5-9-11(7-18)16-8-17-13(9)15/h1-4,8H,5-7H2,(H2,15,16,17). The predicted octanol–water partition coefficient (Wildman–Crippen LogP) is 0.945. The molecular weight excluding hydrogens is 295 g/mol. The van der Waals surface area contributed by atoms with Crippen LogP contribution in [-0.2, 0) is 23.0 Å². The minimum Gasteiger partial charge on any atom is -0.383 e. The van der Waals surface area contributed by atoms with Crippen LogP contribution in [0.1, 0.15) is 11.3 Å². The van der Waals surface area contributed by atoms with Crippen LogP contribution in [-0.4, -0.2) is 29.2 Å². The van der Waals surface area contributed by atoms with Crippen LogP contribution in [0.3, 0.4) is 0 Å². The average molecular weight is 308 g/mol. The summed E-state index contributed by atoms with van der Waals surface area (Å²) in [6, 6.07) is 5.33. The van der Waals surface area contributed by atoms with E-state index in [0.717, 1.165) is 11.6 Å². The number of aromatic nitrogens is 2. The summed E-state index contributed by atoms with van der Waals surface area (Å²) >= 11 is 0. The summed E-state index contributed by atoms with van der Waals surface area (Å²) < 4.78 is 40.0. The Balaban J connectivity index is 1.98. The van der Waals surface area contributed by atoms with Gasteiger partial charge >= 0.3 is 0 Å². The molecule has 21 heavy (non-hydrogen) atoms. The number of hydrogen-bond acceptors (Lipinski definition) is 5. The number of benzene rings is 1. The lowest BCUT2D eigenvalue weighted by molar-refractivity contribution is 0.382. The molecule has 0 saturated heterocycles. The summed E-state index contributed by atoms with van der Waals surface area (Å²) in [7, 11) is -3.89. The van der Waals surface area contributed by atoms with E-state index in [0.29, 0.717) is 17.9 Å². The molecule has 2 N–H and O–H groups in total. The molecule has 0 aliphatic carbocycles. The number of nitrogen functional groups attached to an aromatic ring is 1. The molecule has 0 amide bonds. The number of nitrogens with zero attached hydrogens (tertiary/aromatic N) is 3. The topological polar surface area (TPSA) is 89.2 Å². The molecule has 0 saturated carbocycles. The van der Waals surface area contributed by atoms with E-state index in [1.165, 1.54) is 28.8 Å². The highest BCUT2D eigenvalue weighted by atomic mass is 32.2. The molecule has 1 aliphatic heterocycles. The van der Waals surface area contributed by atoms with E-state index in [4.69, 9.17) is 5.73 Å². The number of hydrogen-bond donors (Lipinski definition) is 1. The van der Waals surface area contributed by atoms with Gasteiger partial charge in [-0.25, -0.2) is 22.8 Å². The Kier molecular flexibility index (Phi) is 3.34. The van der Waals surface area contributed by atoms with Gasteiger partial charge in [0, 0.05) is 12.1 Å². The summed E-state index contributed by atoms with van der Waals surface area (Å²) in [6.45, 7) is 0.292. The number of nitrogens with two attached hydrogens (primary N) is 1. The van der Waals surface area contributed by atoms with Crippen LogP contribution in [0.4, 0.5) is 10.2 Å². The van der Waals surface area contributed by atoms with Gasteiger partial charge in [0.25, 0.3) is 0 Å². The van der Waals surface area contributed by atoms with Crippen molar-refractivity contribution in [3.8, 4) is 0 Å². The minimum absolute atomic E-state index is 0.0682. The highest BCUT2D eigenvalue weighted by Gasteiger charge is 2.31. The molecule has 8 heteroatoms. The summed E-state index contributed by atoms with van der Waals surface area (Å²) in [6.07, 6.45) is 1.71. The highest BCUT2D eigenvalue weighted by Crippen LogP contribution is 2.26. The lowest BCUT2D eigenvalue weighted by Gasteiger charge is -2.27. The van der Waals surface area contributed by atoms with Gasteiger partial charge in [0.1, 0.15) is 22.9 Å². The van der Waals surface area contributed by atoms with Gasteiger partial charge in [-0.3, -0.25) is 0 Å². The van der Waals surface area contributed by atoms with Gasteiger partial charge in [0.05, 0.1) is 12.2 Å². The minimum atomic E-state index is -3.89. The van der Waals surface area contributed by atoms with Gasteiger partial charge in [-0.1, -0.05) is 12.1 Å². The maximum absolute atomic E-state index is 13.7. The van der Waals surface area contributed by atoms with Gasteiger partial charge in [0.2, 0.25) is 10.0 Å². The zero-order valence-corrected chi connectivity index (χ0v) is 11.8. The second-order valence-electron chi connectivity index (χ2n) is 4.70. The fourth-order valence-electron chi connectivity index (χ4n) is 2.35. The second kappa shape index (κ2) is 5.05. The van der Waals surface area contributed by atoms with Crippen molar-refractivity contribution in [2.45, 2.75) is 17.9 Å². The highest BCUT2D eigenvalue weighted by molar-refractivity contribution is 7.89. The molecule has 2 aromatic rings. The summed E-state index contributed by atoms with van der Waals surface area (Å²) in [5, 5.41) is 0. The van der Waals surface area contributed by atoms with Crippen LogP contribution < -0.4 is 5.73 Å². The Labute approximate surface area is 121 Å². The summed E-state index contributed by atoms with van der Waals surface area (Å²) in [5.74, 6) is -0.395. The van der Waals surface area contributed by atoms with Crippen LogP contribution in [0.15, 0.2) is 35.5 Å². The largest absolute Gasteiger partial charge is 0.383 e. The molecule has 1 aliphatic rings. The molecule has 0 radical (unpaired) electrons. The smallest absolute Gasteiger partial charge is 0.246 e. The number of halogens is 1. The van der Waals surface area contributed by atoms with Gasteiger partial charge < -0.3 is 5.73 Å². The molecular formula is C13H13FN4O2S. The Morgan fingerprint density at radius 3 is 2.76 bits per heavy atom. The quantitative estimate of drug-likeness (QED) is 0.892. The molecule has 0 spiro atoms. The van der Waals surface area contributed by atoms with Crippen molar-refractivity contribution in [1.29, 1.82) is 0 Å². The molecule has 110 valence electrons. The van der Waals surface area contributed by atoms with Crippen molar-refractivity contribution in [1.82, 2.24) is 14.3 Å². The molecule has 2 heterocycles. The number of anilines is 1. The van der Waals surface area contributed by atoms with E-state index < -0.39 is 15.8 Å². The Hall–Kier alpha value is -2.06. The van der Waals surface area contributed by atoms with Gasteiger partial charge in [-0.2, -0.15) is 4.31 Å². The molecule has 3 rings (SSSR count). The average Bonchev–Trinajstić information content (AvgIpc) is 2.47. The molecule has 0 unspecified atom stereocenters. The molecule has 0 atom stereocenters. The number of sulfonamides is 1. The SMILES string of the molecule is Nc1ncnc2c1CCN(S(=O)(=O)c1ccccc1F)C2. The van der Waals surface area contributed by atoms with E-state index in [1.807, 2.05) is 0 Å². The predicted molar refractivity (Wildman–Crippen MR) is 74.1 cm³/mol. The number of rotatable bonds is 2. The van der Waals surface area contributed by atoms with E-state index in [2.05, 4.69) is 9.97 Å². The van der Waals surface area contributed by atoms with E-state index >= 15 is 0 Å². The lowest BCUT2D eigenvalue weighted by atomic mass is 10.1. The lowest BCUT2D eigenvalue weighted by Crippen LogP contribution is -2.37. The van der Waals surface area contributed by atoms with Gasteiger partial charge in [-0.15, -0.1) is 0 Å². The van der Waals surface area contributed by atoms with Crippen LogP contribution in [0.5, 0.6) is 0 Å². The maximum Gasteiger partial charge on any atom is 0.246 e. The third-order valence-corrected chi connectivity index (χ3v) is 5.34. The Bertz CT molecular complexity index is 795. The first-order valence-corrected chi connectivity index (χ1v) is 7.77. The normalized spacial score (nSPS) is 15.7. The molecule has 6 nitrogen and oxygen atoms in total. The molecule has 0 bridgehead atoms. The fraction of sp³-hybridized carbons (Fsp3) is 0.231. The zero-order valence-electron chi connectivity index (χ0n) is 11.0. The van der Waals surface area contributed by atoms with Crippen molar-refractivity contribution < 1.29 is 12.8 Å². The van der Waals surface area contributed by atoms with Gasteiger partial charge in [0.15, 0.2) is 0 Å². The first-order chi connectivity index (χ1) is 10.00. The summed E-state index contributed by atoms with van der Waals surface area (Å²) in [5.41, 5.74) is 7.08. The molecule has 0 fully saturated rings. The van der Waals surface area contributed by atoms with E-state index in [9.17, 15) is 12.8 Å². The third kappa shape index (κ3) is 2.36. The van der Waals surface area contributed by atoms with Crippen LogP contribution in [0.2, 0.25) is 0 Å². The van der Waals surface area contributed by atoms with Crippen molar-refractivity contribution in [3.63, 3.8) is 0 Å². The first kappa shape index (κ1) is 13.9. The van der Waals surface area contributed by atoms with Crippen molar-refractivity contribution in [2.75, 3.05) is 12.3 Å². The van der Waals surface area contributed by atoms with Crippen LogP contribution in [0.25, 0.3) is 0 Å². The molecule has 1 aromatic carbocycles. The summed E-state index contributed by atoms with van der Waals surface area (Å²) in [4.78, 5) is 7.64. The fourth-order valence-corrected chi connectivity index (χ4v) is 3.82. The van der Waals surface area contributed by atoms with E-state index in [-0.39, 0.29) is 18.0 Å². The van der Waals surface area contributed by atoms with Gasteiger partial charge in [-0.05, 0) is 18.6 Å². The zero-order chi connectivity index (χ0) is 15.0. The maximum atomic E-state index is 13.7. The van der Waals surface area contributed by atoms with Crippen LogP contribution >= 0.6 is 0 Å².